The second-order valence-electron chi connectivity index (χ2n) is 7.44. The van der Waals surface area contributed by atoms with E-state index in [1.54, 1.807) is 14.2 Å². The molecule has 1 heterocycles. The Bertz CT molecular complexity index is 690. The van der Waals surface area contributed by atoms with Crippen molar-refractivity contribution in [2.45, 2.75) is 57.8 Å². The van der Waals surface area contributed by atoms with Crippen LogP contribution in [0, 0.1) is 11.8 Å². The summed E-state index contributed by atoms with van der Waals surface area (Å²) in [5, 5.41) is 14.5. The quantitative estimate of drug-likeness (QED) is 0.316. The van der Waals surface area contributed by atoms with Crippen molar-refractivity contribution in [2.75, 3.05) is 14.2 Å². The average molecular weight is 389 g/mol. The fourth-order valence-corrected chi connectivity index (χ4v) is 3.83. The normalized spacial score (nSPS) is 30.4. The molecule has 2 rings (SSSR count). The van der Waals surface area contributed by atoms with Crippen LogP contribution in [0.2, 0.25) is 0 Å². The van der Waals surface area contributed by atoms with Crippen molar-refractivity contribution in [1.82, 2.24) is 0 Å². The number of methoxy groups -OCH3 is 2. The maximum absolute atomic E-state index is 10.7. The predicted molar refractivity (Wildman–Crippen MR) is 108 cm³/mol. The third-order valence-corrected chi connectivity index (χ3v) is 5.47. The summed E-state index contributed by atoms with van der Waals surface area (Å²) in [5.41, 5.74) is 10.9. The first kappa shape index (κ1) is 22.4. The molecule has 28 heavy (non-hydrogen) atoms. The number of hydrogen-bond donors (Lipinski definition) is 1. The average Bonchev–Trinajstić information content (AvgIpc) is 2.70. The predicted octanol–water partition coefficient (Wildman–Crippen LogP) is 3.87. The van der Waals surface area contributed by atoms with Gasteiger partial charge in [0, 0.05) is 31.0 Å². The van der Waals surface area contributed by atoms with Crippen LogP contribution < -0.4 is 0 Å². The smallest absolute Gasteiger partial charge is 0.161 e. The highest BCUT2D eigenvalue weighted by atomic mass is 16.7. The Labute approximate surface area is 166 Å². The molecule has 0 bridgehead atoms. The van der Waals surface area contributed by atoms with E-state index in [4.69, 9.17) is 19.7 Å². The Balaban J connectivity index is 2.17. The van der Waals surface area contributed by atoms with Crippen molar-refractivity contribution in [3.05, 3.63) is 58.0 Å². The van der Waals surface area contributed by atoms with Gasteiger partial charge in [-0.1, -0.05) is 55.4 Å². The number of ether oxygens (including phenoxy) is 3. The van der Waals surface area contributed by atoms with Crippen LogP contribution in [0.15, 0.2) is 47.1 Å². The van der Waals surface area contributed by atoms with Crippen LogP contribution >= 0.6 is 0 Å². The van der Waals surface area contributed by atoms with E-state index in [2.05, 4.69) is 35.2 Å². The lowest BCUT2D eigenvalue weighted by Gasteiger charge is -2.42. The molecule has 1 aliphatic rings. The van der Waals surface area contributed by atoms with Crippen molar-refractivity contribution in [3.8, 4) is 0 Å². The SMILES string of the molecule is CO[C@@H]1O[C@H](/C(C)=C/[C@H](C)[C@H](Cc2ccccc2)OC)[C@@H](O)[C@H](N=[N+]=[N-])[C@@H]1C. The molecule has 0 aliphatic carbocycles. The van der Waals surface area contributed by atoms with Crippen molar-refractivity contribution in [3.63, 3.8) is 0 Å². The molecule has 0 saturated carbocycles. The van der Waals surface area contributed by atoms with E-state index in [1.807, 2.05) is 32.0 Å². The number of aliphatic hydroxyl groups excluding tert-OH is 1. The molecule has 7 nitrogen and oxygen atoms in total. The second kappa shape index (κ2) is 10.6. The van der Waals surface area contributed by atoms with Crippen molar-refractivity contribution in [1.29, 1.82) is 0 Å². The Hall–Kier alpha value is -1.89. The van der Waals surface area contributed by atoms with Gasteiger partial charge < -0.3 is 19.3 Å². The van der Waals surface area contributed by atoms with Crippen molar-refractivity contribution in [2.24, 2.45) is 17.0 Å². The minimum Gasteiger partial charge on any atom is -0.390 e. The van der Waals surface area contributed by atoms with Gasteiger partial charge in [0.1, 0.15) is 6.10 Å². The summed E-state index contributed by atoms with van der Waals surface area (Å²) in [7, 11) is 3.26. The molecule has 7 heteroatoms. The van der Waals surface area contributed by atoms with Crippen LogP contribution in [-0.2, 0) is 20.6 Å². The van der Waals surface area contributed by atoms with E-state index >= 15 is 0 Å². The highest BCUT2D eigenvalue weighted by Gasteiger charge is 2.43. The van der Waals surface area contributed by atoms with Crippen LogP contribution in [0.5, 0.6) is 0 Å². The molecule has 1 fully saturated rings. The summed E-state index contributed by atoms with van der Waals surface area (Å²) < 4.78 is 17.1. The molecule has 1 N–H and O–H groups in total. The van der Waals surface area contributed by atoms with Crippen LogP contribution in [0.3, 0.4) is 0 Å². The van der Waals surface area contributed by atoms with Crippen LogP contribution in [0.25, 0.3) is 10.4 Å². The van der Waals surface area contributed by atoms with Gasteiger partial charge in [0.15, 0.2) is 6.29 Å². The number of nitrogens with zero attached hydrogens (tertiary/aromatic N) is 3. The molecule has 0 spiro atoms. The van der Waals surface area contributed by atoms with Crippen LogP contribution in [0.4, 0.5) is 0 Å². The van der Waals surface area contributed by atoms with Gasteiger partial charge >= 0.3 is 0 Å². The highest BCUT2D eigenvalue weighted by molar-refractivity contribution is 5.18. The molecular formula is C21H31N3O4. The first-order valence-corrected chi connectivity index (χ1v) is 9.58. The zero-order chi connectivity index (χ0) is 20.7. The molecule has 1 saturated heterocycles. The fourth-order valence-electron chi connectivity index (χ4n) is 3.83. The summed E-state index contributed by atoms with van der Waals surface area (Å²) in [6.07, 6.45) is 0.744. The molecule has 1 aliphatic heterocycles. The van der Waals surface area contributed by atoms with E-state index in [-0.39, 0.29) is 17.9 Å². The summed E-state index contributed by atoms with van der Waals surface area (Å²) in [5.74, 6) is -0.151. The topological polar surface area (TPSA) is 96.7 Å². The molecule has 0 unspecified atom stereocenters. The van der Waals surface area contributed by atoms with Gasteiger partial charge in [-0.15, -0.1) is 0 Å². The molecule has 154 valence electrons. The van der Waals surface area contributed by atoms with Gasteiger partial charge in [0.05, 0.1) is 18.2 Å². The van der Waals surface area contributed by atoms with E-state index in [1.165, 1.54) is 5.56 Å². The number of hydrogen-bond acceptors (Lipinski definition) is 5. The first-order valence-electron chi connectivity index (χ1n) is 9.58. The third kappa shape index (κ3) is 5.34. The lowest BCUT2D eigenvalue weighted by atomic mass is 9.86. The first-order chi connectivity index (χ1) is 13.4. The van der Waals surface area contributed by atoms with Gasteiger partial charge in [0.25, 0.3) is 0 Å². The standard InChI is InChI=1S/C21H31N3O4/c1-13(17(26-4)12-16-9-7-6-8-10-16)11-14(2)20-19(25)18(23-24-22)15(3)21(27-5)28-20/h6-11,13,15,17-21,25H,12H2,1-5H3/b14-11+/t13-,15-,17-,18+,19-,20+,21+/m0/s1. The van der Waals surface area contributed by atoms with Gasteiger partial charge in [-0.3, -0.25) is 0 Å². The van der Waals surface area contributed by atoms with E-state index < -0.39 is 24.5 Å². The molecular weight excluding hydrogens is 358 g/mol. The lowest BCUT2D eigenvalue weighted by Crippen LogP contribution is -2.53. The lowest BCUT2D eigenvalue weighted by molar-refractivity contribution is -0.231. The Morgan fingerprint density at radius 2 is 2.04 bits per heavy atom. The van der Waals surface area contributed by atoms with E-state index in [0.717, 1.165) is 12.0 Å². The monoisotopic (exact) mass is 389 g/mol. The van der Waals surface area contributed by atoms with Crippen LogP contribution in [0.1, 0.15) is 26.3 Å². The highest BCUT2D eigenvalue weighted by Crippen LogP contribution is 2.32. The Morgan fingerprint density at radius 1 is 1.36 bits per heavy atom. The van der Waals surface area contributed by atoms with Crippen molar-refractivity contribution < 1.29 is 19.3 Å². The minimum atomic E-state index is -0.934. The summed E-state index contributed by atoms with van der Waals surface area (Å²) in [4.78, 5) is 2.89. The largest absolute Gasteiger partial charge is 0.390 e. The zero-order valence-corrected chi connectivity index (χ0v) is 17.2. The molecule has 7 atom stereocenters. The third-order valence-electron chi connectivity index (χ3n) is 5.47. The molecule has 1 aromatic carbocycles. The Kier molecular flexibility index (Phi) is 8.48. The van der Waals surface area contributed by atoms with E-state index in [9.17, 15) is 5.11 Å². The van der Waals surface area contributed by atoms with Crippen LogP contribution in [-0.4, -0.2) is 50.0 Å². The molecule has 1 aromatic rings. The van der Waals surface area contributed by atoms with E-state index in [0.29, 0.717) is 0 Å². The maximum Gasteiger partial charge on any atom is 0.161 e. The van der Waals surface area contributed by atoms with Gasteiger partial charge in [-0.05, 0) is 30.0 Å². The zero-order valence-electron chi connectivity index (χ0n) is 17.2. The summed E-state index contributed by atoms with van der Waals surface area (Å²) >= 11 is 0. The number of benzene rings is 1. The summed E-state index contributed by atoms with van der Waals surface area (Å²) in [6, 6.07) is 9.57. The molecule has 0 radical (unpaired) electrons. The summed E-state index contributed by atoms with van der Waals surface area (Å²) in [6.45, 7) is 5.84. The van der Waals surface area contributed by atoms with Gasteiger partial charge in [-0.25, -0.2) is 0 Å². The Morgan fingerprint density at radius 3 is 2.61 bits per heavy atom. The number of azide groups is 1. The second-order valence-corrected chi connectivity index (χ2v) is 7.44. The molecule has 0 amide bonds. The van der Waals surface area contributed by atoms with Gasteiger partial charge in [-0.2, -0.15) is 0 Å². The fraction of sp³-hybridized carbons (Fsp3) is 0.619. The number of aliphatic hydroxyl groups is 1. The minimum absolute atomic E-state index is 0.0110. The maximum atomic E-state index is 10.7. The van der Waals surface area contributed by atoms with Gasteiger partial charge in [0.2, 0.25) is 0 Å². The molecule has 0 aromatic heterocycles. The van der Waals surface area contributed by atoms with Crippen molar-refractivity contribution >= 4 is 0 Å². The number of rotatable bonds is 8.